The molecule has 0 aliphatic heterocycles. The highest BCUT2D eigenvalue weighted by atomic mass is 32.1. The summed E-state index contributed by atoms with van der Waals surface area (Å²) >= 11 is 1.36. The van der Waals surface area contributed by atoms with Gasteiger partial charge in [0.1, 0.15) is 30.2 Å². The van der Waals surface area contributed by atoms with Crippen LogP contribution in [0.3, 0.4) is 0 Å². The molecule has 0 fully saturated rings. The van der Waals surface area contributed by atoms with Gasteiger partial charge in [-0.25, -0.2) is 33.4 Å². The SMILES string of the molecule is [C-]#[N+]c1ccc(COc2cccc(-c3ccc(Cc4nc5ccc(C(=O)O)cc5n4CC(OC)C(=O)Cc4nccs4)c(F)c3)n2)c(F)c1. The number of hydrogen-bond donors (Lipinski definition) is 1. The summed E-state index contributed by atoms with van der Waals surface area (Å²) in [5.74, 6) is -1.79. The number of thiazole rings is 1. The van der Waals surface area contributed by atoms with Gasteiger partial charge in [-0.15, -0.1) is 11.3 Å². The zero-order chi connectivity index (χ0) is 34.5. The average Bonchev–Trinajstić information content (AvgIpc) is 3.74. The third kappa shape index (κ3) is 7.51. The number of carbonyl (C=O) groups is 2. The number of hydrogen-bond acceptors (Lipinski definition) is 8. The predicted molar refractivity (Wildman–Crippen MR) is 178 cm³/mol. The van der Waals surface area contributed by atoms with Gasteiger partial charge in [-0.1, -0.05) is 30.3 Å². The molecule has 0 bridgehead atoms. The van der Waals surface area contributed by atoms with Crippen molar-refractivity contribution in [1.82, 2.24) is 19.5 Å². The lowest BCUT2D eigenvalue weighted by molar-refractivity contribution is -0.128. The molecular weight excluding hydrogens is 652 g/mol. The molecule has 0 radical (unpaired) electrons. The van der Waals surface area contributed by atoms with E-state index in [1.165, 1.54) is 48.8 Å². The maximum atomic E-state index is 15.7. The van der Waals surface area contributed by atoms with E-state index in [1.807, 2.05) is 0 Å². The van der Waals surface area contributed by atoms with E-state index in [9.17, 15) is 19.1 Å². The fraction of sp³-hybridized carbons (Fsp3) is 0.167. The normalized spacial score (nSPS) is 11.7. The van der Waals surface area contributed by atoms with E-state index in [1.54, 1.807) is 52.5 Å². The number of methoxy groups -OCH3 is 1. The van der Waals surface area contributed by atoms with Gasteiger partial charge < -0.3 is 19.1 Å². The van der Waals surface area contributed by atoms with Gasteiger partial charge in [-0.05, 0) is 42.0 Å². The zero-order valence-corrected chi connectivity index (χ0v) is 26.8. The van der Waals surface area contributed by atoms with Crippen molar-refractivity contribution in [2.75, 3.05) is 7.11 Å². The number of pyridine rings is 1. The third-order valence-electron chi connectivity index (χ3n) is 7.84. The molecule has 0 aliphatic rings. The molecule has 13 heteroatoms. The van der Waals surface area contributed by atoms with Crippen LogP contribution in [0.2, 0.25) is 0 Å². The van der Waals surface area contributed by atoms with Gasteiger partial charge in [0.05, 0.1) is 46.8 Å². The Labute approximate surface area is 283 Å². The first-order valence-corrected chi connectivity index (χ1v) is 15.8. The molecule has 0 saturated heterocycles. The number of benzene rings is 3. The first kappa shape index (κ1) is 33.1. The van der Waals surface area contributed by atoms with Crippen LogP contribution in [0.1, 0.15) is 32.3 Å². The Balaban J connectivity index is 1.25. The summed E-state index contributed by atoms with van der Waals surface area (Å²) < 4.78 is 43.0. The van der Waals surface area contributed by atoms with E-state index in [2.05, 4.69) is 19.8 Å². The Kier molecular flexibility index (Phi) is 9.79. The minimum absolute atomic E-state index is 0.0274. The maximum Gasteiger partial charge on any atom is 0.335 e. The largest absolute Gasteiger partial charge is 0.478 e. The van der Waals surface area contributed by atoms with Crippen molar-refractivity contribution < 1.29 is 33.0 Å². The average molecular weight is 680 g/mol. The zero-order valence-electron chi connectivity index (χ0n) is 26.0. The smallest absolute Gasteiger partial charge is 0.335 e. The lowest BCUT2D eigenvalue weighted by atomic mass is 10.1. The number of carbonyl (C=O) groups excluding carboxylic acids is 1. The molecule has 0 amide bonds. The minimum atomic E-state index is -1.12. The molecule has 1 atom stereocenters. The molecule has 3 aromatic carbocycles. The first-order valence-electron chi connectivity index (χ1n) is 14.9. The number of Topliss-reactive ketones (excluding diaryl/α,β-unsaturated/α-hetero) is 1. The van der Waals surface area contributed by atoms with Crippen LogP contribution >= 0.6 is 11.3 Å². The van der Waals surface area contributed by atoms with Crippen LogP contribution in [0, 0.1) is 18.2 Å². The van der Waals surface area contributed by atoms with E-state index in [-0.39, 0.29) is 54.5 Å². The van der Waals surface area contributed by atoms with Crippen molar-refractivity contribution in [1.29, 1.82) is 0 Å². The summed E-state index contributed by atoms with van der Waals surface area (Å²) in [6, 6.07) is 18.3. The standard InChI is InChI=1S/C36H27F2N5O5S/c1-39-25-10-8-24(27(38)17-25)20-48-34-5-3-4-28(42-34)22-7-6-21(26(37)14-22)16-33-41-29-11-9-23(36(45)46)15-30(29)43(33)19-32(47-2)31(44)18-35-40-12-13-49-35/h3-15,17,32H,16,18-20H2,2H3,(H,45,46). The molecule has 1 N–H and O–H groups in total. The number of aromatic carboxylic acids is 1. The molecule has 0 saturated carbocycles. The Morgan fingerprint density at radius 2 is 1.84 bits per heavy atom. The van der Waals surface area contributed by atoms with Crippen LogP contribution in [0.4, 0.5) is 14.5 Å². The summed E-state index contributed by atoms with van der Waals surface area (Å²) in [5, 5.41) is 12.0. The second kappa shape index (κ2) is 14.5. The van der Waals surface area contributed by atoms with E-state index >= 15 is 4.39 Å². The van der Waals surface area contributed by atoms with Gasteiger partial charge in [-0.2, -0.15) is 0 Å². The number of ketones is 1. The van der Waals surface area contributed by atoms with E-state index in [0.717, 1.165) is 6.07 Å². The minimum Gasteiger partial charge on any atom is -0.478 e. The Morgan fingerprint density at radius 1 is 1.02 bits per heavy atom. The van der Waals surface area contributed by atoms with Crippen molar-refractivity contribution >= 4 is 39.8 Å². The van der Waals surface area contributed by atoms with E-state index in [0.29, 0.717) is 38.7 Å². The summed E-state index contributed by atoms with van der Waals surface area (Å²) in [6.45, 7) is 6.93. The lowest BCUT2D eigenvalue weighted by Crippen LogP contribution is -2.30. The molecule has 10 nitrogen and oxygen atoms in total. The maximum absolute atomic E-state index is 15.7. The van der Waals surface area contributed by atoms with Gasteiger partial charge in [0.2, 0.25) is 5.88 Å². The van der Waals surface area contributed by atoms with Gasteiger partial charge in [0.15, 0.2) is 11.5 Å². The molecule has 6 aromatic rings. The second-order valence-electron chi connectivity index (χ2n) is 11.0. The molecule has 1 unspecified atom stereocenters. The topological polar surface area (TPSA) is 121 Å². The Morgan fingerprint density at radius 3 is 2.55 bits per heavy atom. The number of imidazole rings is 1. The second-order valence-corrected chi connectivity index (χ2v) is 11.9. The van der Waals surface area contributed by atoms with Gasteiger partial charge in [-0.3, -0.25) is 4.79 Å². The monoisotopic (exact) mass is 679 g/mol. The molecule has 6 rings (SSSR count). The van der Waals surface area contributed by atoms with E-state index < -0.39 is 23.7 Å². The molecule has 0 spiro atoms. The fourth-order valence-corrected chi connectivity index (χ4v) is 5.90. The molecule has 49 heavy (non-hydrogen) atoms. The number of carboxylic acid groups (broad SMARTS) is 1. The van der Waals surface area contributed by atoms with Crippen LogP contribution in [-0.2, 0) is 35.5 Å². The summed E-state index contributed by atoms with van der Waals surface area (Å²) in [6.07, 6.45) is 0.833. The fourth-order valence-electron chi connectivity index (χ4n) is 5.27. The van der Waals surface area contributed by atoms with Gasteiger partial charge >= 0.3 is 5.97 Å². The number of nitrogens with zero attached hydrogens (tertiary/aromatic N) is 5. The van der Waals surface area contributed by atoms with Crippen molar-refractivity contribution in [2.45, 2.75) is 32.1 Å². The van der Waals surface area contributed by atoms with Gasteiger partial charge in [0.25, 0.3) is 0 Å². The van der Waals surface area contributed by atoms with Crippen molar-refractivity contribution in [3.63, 3.8) is 0 Å². The quantitative estimate of drug-likeness (QED) is 0.129. The van der Waals surface area contributed by atoms with Gasteiger partial charge in [0, 0.05) is 42.3 Å². The number of rotatable bonds is 13. The third-order valence-corrected chi connectivity index (χ3v) is 8.62. The van der Waals surface area contributed by atoms with Crippen molar-refractivity contribution in [2.24, 2.45) is 0 Å². The molecular formula is C36H27F2N5O5S. The lowest BCUT2D eigenvalue weighted by Gasteiger charge is -2.17. The number of carboxylic acids is 1. The van der Waals surface area contributed by atoms with Crippen molar-refractivity contribution in [3.05, 3.63) is 135 Å². The number of halogens is 2. The first-order chi connectivity index (χ1) is 23.7. The Bertz CT molecular complexity index is 2210. The van der Waals surface area contributed by atoms with Crippen molar-refractivity contribution in [3.8, 4) is 17.1 Å². The van der Waals surface area contributed by atoms with Crippen LogP contribution in [0.5, 0.6) is 5.88 Å². The van der Waals surface area contributed by atoms with Crippen LogP contribution in [0.25, 0.3) is 27.1 Å². The highest BCUT2D eigenvalue weighted by molar-refractivity contribution is 7.09. The molecule has 3 aromatic heterocycles. The van der Waals surface area contributed by atoms with Crippen LogP contribution in [0.15, 0.2) is 84.4 Å². The van der Waals surface area contributed by atoms with Crippen LogP contribution < -0.4 is 4.74 Å². The van der Waals surface area contributed by atoms with Crippen LogP contribution in [-0.4, -0.2) is 49.6 Å². The molecule has 246 valence electrons. The summed E-state index contributed by atoms with van der Waals surface area (Å²) in [5.41, 5.74) is 2.68. The molecule has 0 aliphatic carbocycles. The highest BCUT2D eigenvalue weighted by Crippen LogP contribution is 2.27. The Hall–Kier alpha value is -5.84. The summed E-state index contributed by atoms with van der Waals surface area (Å²) in [4.78, 5) is 41.5. The molecule has 3 heterocycles. The number of fused-ring (bicyclic) bond motifs is 1. The highest BCUT2D eigenvalue weighted by Gasteiger charge is 2.24. The number of aromatic nitrogens is 4. The predicted octanol–water partition coefficient (Wildman–Crippen LogP) is 7.08. The summed E-state index contributed by atoms with van der Waals surface area (Å²) in [7, 11) is 1.42. The van der Waals surface area contributed by atoms with E-state index in [4.69, 9.17) is 16.0 Å². The number of ether oxygens (including phenoxy) is 2.